The minimum Gasteiger partial charge on any atom is -0.371 e. The highest BCUT2D eigenvalue weighted by molar-refractivity contribution is 6.31. The number of nitriles is 1. The van der Waals surface area contributed by atoms with Gasteiger partial charge in [-0.3, -0.25) is 4.79 Å². The Hall–Kier alpha value is -2.65. The maximum absolute atomic E-state index is 13.4. The molecule has 0 aliphatic carbocycles. The zero-order chi connectivity index (χ0) is 16.1. The van der Waals surface area contributed by atoms with E-state index >= 15 is 0 Å². The summed E-state index contributed by atoms with van der Waals surface area (Å²) in [5.74, 6) is -2.16. The number of hydrogen-bond acceptors (Lipinski definition) is 3. The second-order valence-corrected chi connectivity index (χ2v) is 4.74. The van der Waals surface area contributed by atoms with Gasteiger partial charge in [0.15, 0.2) is 0 Å². The molecule has 0 saturated carbocycles. The van der Waals surface area contributed by atoms with Crippen LogP contribution in [0.2, 0.25) is 5.02 Å². The van der Waals surface area contributed by atoms with E-state index in [0.29, 0.717) is 5.02 Å². The second-order valence-electron chi connectivity index (χ2n) is 4.30. The maximum Gasteiger partial charge on any atom is 0.243 e. The van der Waals surface area contributed by atoms with Gasteiger partial charge in [0, 0.05) is 5.02 Å². The van der Waals surface area contributed by atoms with Gasteiger partial charge in [0.05, 0.1) is 17.8 Å². The van der Waals surface area contributed by atoms with E-state index in [2.05, 4.69) is 10.6 Å². The Bertz CT molecular complexity index is 739. The molecule has 0 bridgehead atoms. The highest BCUT2D eigenvalue weighted by Crippen LogP contribution is 2.21. The molecule has 0 atom stereocenters. The molecule has 0 heterocycles. The summed E-state index contributed by atoms with van der Waals surface area (Å²) in [6.45, 7) is -0.366. The first-order valence-electron chi connectivity index (χ1n) is 6.18. The van der Waals surface area contributed by atoms with E-state index < -0.39 is 17.5 Å². The molecule has 2 N–H and O–H groups in total. The molecular formula is C15H10ClF2N3O. The number of para-hydroxylation sites is 1. The first-order chi connectivity index (χ1) is 10.5. The molecular weight excluding hydrogens is 312 g/mol. The monoisotopic (exact) mass is 321 g/mol. The summed E-state index contributed by atoms with van der Waals surface area (Å²) < 4.78 is 26.8. The van der Waals surface area contributed by atoms with E-state index in [1.165, 1.54) is 24.3 Å². The predicted molar refractivity (Wildman–Crippen MR) is 79.6 cm³/mol. The molecule has 22 heavy (non-hydrogen) atoms. The Labute approximate surface area is 130 Å². The van der Waals surface area contributed by atoms with Gasteiger partial charge in [-0.15, -0.1) is 0 Å². The SMILES string of the molecule is N#Cc1ccc(Cl)cc1NC(=O)CNc1c(F)cccc1F. The van der Waals surface area contributed by atoms with Gasteiger partial charge in [-0.1, -0.05) is 17.7 Å². The molecule has 112 valence electrons. The number of halogens is 3. The standard InChI is InChI=1S/C15H10ClF2N3O/c16-10-5-4-9(7-19)13(6-10)21-14(22)8-20-15-11(17)2-1-3-12(15)18/h1-6,20H,8H2,(H,21,22). The van der Waals surface area contributed by atoms with Gasteiger partial charge < -0.3 is 10.6 Å². The van der Waals surface area contributed by atoms with Crippen LogP contribution in [-0.2, 0) is 4.79 Å². The van der Waals surface area contributed by atoms with Crippen molar-refractivity contribution in [3.05, 3.63) is 58.6 Å². The molecule has 1 amide bonds. The Morgan fingerprint density at radius 2 is 1.91 bits per heavy atom. The third-order valence-electron chi connectivity index (χ3n) is 2.76. The first kappa shape index (κ1) is 15.7. The molecule has 7 heteroatoms. The average Bonchev–Trinajstić information content (AvgIpc) is 2.47. The minimum atomic E-state index is -0.798. The number of carbonyl (C=O) groups is 1. The summed E-state index contributed by atoms with van der Waals surface area (Å²) in [5, 5.41) is 14.1. The highest BCUT2D eigenvalue weighted by atomic mass is 35.5. The fourth-order valence-corrected chi connectivity index (χ4v) is 1.92. The zero-order valence-corrected chi connectivity index (χ0v) is 11.9. The number of carbonyl (C=O) groups excluding carboxylic acids is 1. The fraction of sp³-hybridized carbons (Fsp3) is 0.0667. The first-order valence-corrected chi connectivity index (χ1v) is 6.56. The molecule has 2 rings (SSSR count). The van der Waals surface area contributed by atoms with Crippen molar-refractivity contribution in [1.82, 2.24) is 0 Å². The van der Waals surface area contributed by atoms with Crippen molar-refractivity contribution in [3.63, 3.8) is 0 Å². The van der Waals surface area contributed by atoms with Crippen LogP contribution in [0.4, 0.5) is 20.2 Å². The molecule has 0 unspecified atom stereocenters. The smallest absolute Gasteiger partial charge is 0.243 e. The predicted octanol–water partition coefficient (Wildman–Crippen LogP) is 3.54. The van der Waals surface area contributed by atoms with Crippen molar-refractivity contribution in [1.29, 1.82) is 5.26 Å². The molecule has 0 aliphatic rings. The van der Waals surface area contributed by atoms with E-state index in [1.807, 2.05) is 6.07 Å². The van der Waals surface area contributed by atoms with Crippen molar-refractivity contribution in [2.45, 2.75) is 0 Å². The lowest BCUT2D eigenvalue weighted by molar-refractivity contribution is -0.114. The van der Waals surface area contributed by atoms with Gasteiger partial charge in [-0.25, -0.2) is 8.78 Å². The van der Waals surface area contributed by atoms with Crippen LogP contribution in [0.25, 0.3) is 0 Å². The number of benzene rings is 2. The minimum absolute atomic E-state index is 0.231. The van der Waals surface area contributed by atoms with Gasteiger partial charge in [-0.2, -0.15) is 5.26 Å². The van der Waals surface area contributed by atoms with Crippen molar-refractivity contribution >= 4 is 28.9 Å². The van der Waals surface area contributed by atoms with Gasteiger partial charge in [0.2, 0.25) is 5.91 Å². The molecule has 2 aromatic carbocycles. The number of nitrogens with zero attached hydrogens (tertiary/aromatic N) is 1. The van der Waals surface area contributed by atoms with E-state index in [0.717, 1.165) is 12.1 Å². The van der Waals surface area contributed by atoms with Crippen LogP contribution in [0.1, 0.15) is 5.56 Å². The number of rotatable bonds is 4. The lowest BCUT2D eigenvalue weighted by atomic mass is 10.2. The van der Waals surface area contributed by atoms with Crippen LogP contribution in [0.15, 0.2) is 36.4 Å². The molecule has 0 fully saturated rings. The topological polar surface area (TPSA) is 64.9 Å². The lowest BCUT2D eigenvalue weighted by Gasteiger charge is -2.10. The Morgan fingerprint density at radius 1 is 1.23 bits per heavy atom. The number of amides is 1. The summed E-state index contributed by atoms with van der Waals surface area (Å²) >= 11 is 5.80. The van der Waals surface area contributed by atoms with Gasteiger partial charge in [-0.05, 0) is 30.3 Å². The summed E-state index contributed by atoms with van der Waals surface area (Å²) in [7, 11) is 0. The van der Waals surface area contributed by atoms with Crippen LogP contribution >= 0.6 is 11.6 Å². The summed E-state index contributed by atoms with van der Waals surface area (Å²) in [4.78, 5) is 11.8. The van der Waals surface area contributed by atoms with Crippen LogP contribution in [0.3, 0.4) is 0 Å². The molecule has 0 aliphatic heterocycles. The second kappa shape index (κ2) is 6.87. The van der Waals surface area contributed by atoms with Crippen molar-refractivity contribution in [2.75, 3.05) is 17.2 Å². The lowest BCUT2D eigenvalue weighted by Crippen LogP contribution is -2.23. The van der Waals surface area contributed by atoms with Crippen LogP contribution in [0.5, 0.6) is 0 Å². The van der Waals surface area contributed by atoms with Crippen molar-refractivity contribution in [2.24, 2.45) is 0 Å². The van der Waals surface area contributed by atoms with Crippen molar-refractivity contribution < 1.29 is 13.6 Å². The van der Waals surface area contributed by atoms with Crippen LogP contribution < -0.4 is 10.6 Å². The number of anilines is 2. The zero-order valence-electron chi connectivity index (χ0n) is 11.2. The molecule has 0 saturated heterocycles. The van der Waals surface area contributed by atoms with E-state index in [9.17, 15) is 13.6 Å². The average molecular weight is 322 g/mol. The largest absolute Gasteiger partial charge is 0.371 e. The van der Waals surface area contributed by atoms with Crippen LogP contribution in [0, 0.1) is 23.0 Å². The number of hydrogen-bond donors (Lipinski definition) is 2. The van der Waals surface area contributed by atoms with Crippen LogP contribution in [-0.4, -0.2) is 12.5 Å². The maximum atomic E-state index is 13.4. The highest BCUT2D eigenvalue weighted by Gasteiger charge is 2.11. The van der Waals surface area contributed by atoms with E-state index in [4.69, 9.17) is 16.9 Å². The molecule has 0 spiro atoms. The molecule has 0 radical (unpaired) electrons. The quantitative estimate of drug-likeness (QED) is 0.905. The van der Waals surface area contributed by atoms with Gasteiger partial charge in [0.25, 0.3) is 0 Å². The molecule has 4 nitrogen and oxygen atoms in total. The van der Waals surface area contributed by atoms with Gasteiger partial charge in [0.1, 0.15) is 23.4 Å². The Kier molecular flexibility index (Phi) is 4.92. The molecule has 0 aromatic heterocycles. The summed E-state index contributed by atoms with van der Waals surface area (Å²) in [6, 6.07) is 9.68. The number of nitrogens with one attached hydrogen (secondary N) is 2. The Balaban J connectivity index is 2.05. The normalized spacial score (nSPS) is 9.91. The Morgan fingerprint density at radius 3 is 2.55 bits per heavy atom. The van der Waals surface area contributed by atoms with E-state index in [1.54, 1.807) is 0 Å². The summed E-state index contributed by atoms with van der Waals surface area (Å²) in [5.41, 5.74) is 0.0786. The van der Waals surface area contributed by atoms with E-state index in [-0.39, 0.29) is 23.5 Å². The third kappa shape index (κ3) is 3.71. The van der Waals surface area contributed by atoms with Gasteiger partial charge >= 0.3 is 0 Å². The fourth-order valence-electron chi connectivity index (χ4n) is 1.75. The van der Waals surface area contributed by atoms with Crippen molar-refractivity contribution in [3.8, 4) is 6.07 Å². The molecule has 2 aromatic rings. The third-order valence-corrected chi connectivity index (χ3v) is 3.00. The summed E-state index contributed by atoms with van der Waals surface area (Å²) in [6.07, 6.45) is 0.